The van der Waals surface area contributed by atoms with E-state index in [1.54, 1.807) is 19.1 Å². The molecule has 0 saturated carbocycles. The molecule has 172 valence electrons. The molecule has 0 atom stereocenters. The van der Waals surface area contributed by atoms with Gasteiger partial charge >= 0.3 is 5.97 Å². The summed E-state index contributed by atoms with van der Waals surface area (Å²) in [6.07, 6.45) is 0. The van der Waals surface area contributed by atoms with Gasteiger partial charge in [0.2, 0.25) is 0 Å². The first-order valence-electron chi connectivity index (χ1n) is 10.3. The van der Waals surface area contributed by atoms with Gasteiger partial charge in [0.1, 0.15) is 16.3 Å². The molecule has 3 aromatic rings. The predicted octanol–water partition coefficient (Wildman–Crippen LogP) is 5.44. The van der Waals surface area contributed by atoms with Crippen molar-refractivity contribution in [1.82, 2.24) is 0 Å². The summed E-state index contributed by atoms with van der Waals surface area (Å²) < 4.78 is 10.9. The lowest BCUT2D eigenvalue weighted by Crippen LogP contribution is -2.21. The largest absolute Gasteiger partial charge is 0.483 e. The minimum atomic E-state index is -0.582. The average Bonchev–Trinajstić information content (AvgIpc) is 3.09. The first-order chi connectivity index (χ1) is 15.7. The zero-order valence-electron chi connectivity index (χ0n) is 18.8. The molecule has 1 aromatic heterocycles. The number of carbonyl (C=O) groups is 2. The number of thiophene rings is 1. The second-order valence-electron chi connectivity index (χ2n) is 7.32. The molecule has 0 bridgehead atoms. The van der Waals surface area contributed by atoms with Crippen molar-refractivity contribution in [2.45, 2.75) is 27.7 Å². The van der Waals surface area contributed by atoms with Gasteiger partial charge in [0.05, 0.1) is 11.5 Å². The fraction of sp³-hybridized carbons (Fsp3) is 0.250. The van der Waals surface area contributed by atoms with Gasteiger partial charge in [-0.15, -0.1) is 11.3 Å². The number of hydrogen-bond acceptors (Lipinski definition) is 7. The molecule has 1 N–H and O–H groups in total. The van der Waals surface area contributed by atoms with Crippen molar-refractivity contribution in [3.8, 4) is 16.9 Å². The van der Waals surface area contributed by atoms with Crippen LogP contribution in [0.3, 0.4) is 0 Å². The molecule has 0 fully saturated rings. The highest BCUT2D eigenvalue weighted by Crippen LogP contribution is 2.40. The van der Waals surface area contributed by atoms with Crippen LogP contribution in [-0.2, 0) is 9.53 Å². The molecule has 0 saturated heterocycles. The number of carbonyl (C=O) groups excluding carboxylic acids is 2. The van der Waals surface area contributed by atoms with Crippen molar-refractivity contribution >= 4 is 33.9 Å². The predicted molar refractivity (Wildman–Crippen MR) is 127 cm³/mol. The first kappa shape index (κ1) is 23.9. The Kier molecular flexibility index (Phi) is 7.44. The quantitative estimate of drug-likeness (QED) is 0.268. The van der Waals surface area contributed by atoms with E-state index in [9.17, 15) is 19.7 Å². The fourth-order valence-electron chi connectivity index (χ4n) is 3.46. The minimum Gasteiger partial charge on any atom is -0.483 e. The van der Waals surface area contributed by atoms with Crippen molar-refractivity contribution in [2.24, 2.45) is 0 Å². The molecule has 2 aromatic carbocycles. The van der Waals surface area contributed by atoms with E-state index < -0.39 is 16.8 Å². The van der Waals surface area contributed by atoms with Crippen molar-refractivity contribution in [3.05, 3.63) is 74.1 Å². The standard InChI is InChI=1S/C24H24N2O6S/c1-5-31-24(28)21-20(17-9-11-18(12-10-17)26(29)30)16(4)33-23(21)25-19(27)13-32-22-14(2)7-6-8-15(22)3/h6-12H,5,13H2,1-4H3,(H,25,27). The van der Waals surface area contributed by atoms with Crippen LogP contribution in [0.1, 0.15) is 33.3 Å². The SMILES string of the molecule is CCOC(=O)c1c(NC(=O)COc2c(C)cccc2C)sc(C)c1-c1ccc([N+](=O)[O-])cc1. The molecule has 0 aliphatic carbocycles. The minimum absolute atomic E-state index is 0.0542. The van der Waals surface area contributed by atoms with Gasteiger partial charge in [0, 0.05) is 22.6 Å². The molecule has 0 spiro atoms. The van der Waals surface area contributed by atoms with Crippen LogP contribution in [0, 0.1) is 30.9 Å². The smallest absolute Gasteiger partial charge is 0.341 e. The molecule has 1 heterocycles. The number of aryl methyl sites for hydroxylation is 3. The fourth-order valence-corrected chi connectivity index (χ4v) is 4.54. The van der Waals surface area contributed by atoms with Crippen molar-refractivity contribution < 1.29 is 24.0 Å². The molecule has 0 aliphatic heterocycles. The maximum Gasteiger partial charge on any atom is 0.341 e. The van der Waals surface area contributed by atoms with E-state index in [0.717, 1.165) is 16.0 Å². The Morgan fingerprint density at radius 2 is 1.70 bits per heavy atom. The Bertz CT molecular complexity index is 1180. The summed E-state index contributed by atoms with van der Waals surface area (Å²) in [4.78, 5) is 36.7. The summed E-state index contributed by atoms with van der Waals surface area (Å²) in [5, 5.41) is 14.1. The molecule has 8 nitrogen and oxygen atoms in total. The molecule has 0 radical (unpaired) electrons. The number of non-ortho nitro benzene ring substituents is 1. The Morgan fingerprint density at radius 1 is 1.06 bits per heavy atom. The Morgan fingerprint density at radius 3 is 2.27 bits per heavy atom. The lowest BCUT2D eigenvalue weighted by molar-refractivity contribution is -0.384. The molecule has 9 heteroatoms. The third-order valence-electron chi connectivity index (χ3n) is 4.94. The number of ether oxygens (including phenoxy) is 2. The number of nitro groups is 1. The Balaban J connectivity index is 1.90. The zero-order valence-corrected chi connectivity index (χ0v) is 19.6. The van der Waals surface area contributed by atoms with Crippen molar-refractivity contribution in [2.75, 3.05) is 18.5 Å². The number of amides is 1. The highest BCUT2D eigenvalue weighted by molar-refractivity contribution is 7.17. The Hall–Kier alpha value is -3.72. The van der Waals surface area contributed by atoms with Crippen LogP contribution < -0.4 is 10.1 Å². The van der Waals surface area contributed by atoms with Crippen LogP contribution in [0.2, 0.25) is 0 Å². The van der Waals surface area contributed by atoms with Crippen molar-refractivity contribution in [1.29, 1.82) is 0 Å². The third kappa shape index (κ3) is 5.38. The van der Waals surface area contributed by atoms with Gasteiger partial charge in [-0.2, -0.15) is 0 Å². The van der Waals surface area contributed by atoms with Crippen LogP contribution in [0.5, 0.6) is 5.75 Å². The second-order valence-corrected chi connectivity index (χ2v) is 8.54. The van der Waals surface area contributed by atoms with Gasteiger partial charge in [0.25, 0.3) is 11.6 Å². The maximum absolute atomic E-state index is 12.8. The van der Waals surface area contributed by atoms with Crippen molar-refractivity contribution in [3.63, 3.8) is 0 Å². The number of benzene rings is 2. The van der Waals surface area contributed by atoms with E-state index in [1.807, 2.05) is 39.0 Å². The monoisotopic (exact) mass is 468 g/mol. The van der Waals surface area contributed by atoms with Crippen LogP contribution >= 0.6 is 11.3 Å². The number of nitrogens with zero attached hydrogens (tertiary/aromatic N) is 1. The highest BCUT2D eigenvalue weighted by Gasteiger charge is 2.26. The van der Waals surface area contributed by atoms with Gasteiger partial charge < -0.3 is 14.8 Å². The molecule has 0 aliphatic rings. The molecular weight excluding hydrogens is 444 g/mol. The lowest BCUT2D eigenvalue weighted by Gasteiger charge is -2.12. The summed E-state index contributed by atoms with van der Waals surface area (Å²) in [7, 11) is 0. The number of nitro benzene ring substituents is 1. The van der Waals surface area contributed by atoms with Gasteiger partial charge in [-0.05, 0) is 56.5 Å². The summed E-state index contributed by atoms with van der Waals surface area (Å²) in [6, 6.07) is 11.6. The number of hydrogen-bond donors (Lipinski definition) is 1. The Labute approximate surface area is 195 Å². The van der Waals surface area contributed by atoms with Crippen LogP contribution in [-0.4, -0.2) is 30.0 Å². The van der Waals surface area contributed by atoms with Gasteiger partial charge in [-0.1, -0.05) is 18.2 Å². The number of anilines is 1. The van der Waals surface area contributed by atoms with E-state index in [-0.39, 0.29) is 24.5 Å². The number of para-hydroxylation sites is 1. The van der Waals surface area contributed by atoms with Crippen LogP contribution in [0.4, 0.5) is 10.7 Å². The van der Waals surface area contributed by atoms with Gasteiger partial charge in [0.15, 0.2) is 6.61 Å². The van der Waals surface area contributed by atoms with Crippen LogP contribution in [0.25, 0.3) is 11.1 Å². The third-order valence-corrected chi connectivity index (χ3v) is 5.96. The number of esters is 1. The summed E-state index contributed by atoms with van der Waals surface area (Å²) in [6.45, 7) is 7.25. The van der Waals surface area contributed by atoms with E-state index in [1.165, 1.54) is 23.5 Å². The molecule has 33 heavy (non-hydrogen) atoms. The summed E-state index contributed by atoms with van der Waals surface area (Å²) in [5.41, 5.74) is 3.18. The second kappa shape index (κ2) is 10.3. The molecule has 3 rings (SSSR count). The highest BCUT2D eigenvalue weighted by atomic mass is 32.1. The van der Waals surface area contributed by atoms with Gasteiger partial charge in [-0.25, -0.2) is 4.79 Å². The van der Waals surface area contributed by atoms with Crippen LogP contribution in [0.15, 0.2) is 42.5 Å². The van der Waals surface area contributed by atoms with E-state index in [4.69, 9.17) is 9.47 Å². The zero-order chi connectivity index (χ0) is 24.1. The van der Waals surface area contributed by atoms with E-state index in [0.29, 0.717) is 21.9 Å². The van der Waals surface area contributed by atoms with Gasteiger partial charge in [-0.3, -0.25) is 14.9 Å². The normalized spacial score (nSPS) is 10.5. The number of nitrogens with one attached hydrogen (secondary N) is 1. The summed E-state index contributed by atoms with van der Waals surface area (Å²) in [5.74, 6) is -0.354. The number of rotatable bonds is 8. The molecule has 0 unspecified atom stereocenters. The topological polar surface area (TPSA) is 108 Å². The maximum atomic E-state index is 12.8. The summed E-state index contributed by atoms with van der Waals surface area (Å²) >= 11 is 1.23. The molecule has 1 amide bonds. The first-order valence-corrected chi connectivity index (χ1v) is 11.1. The van der Waals surface area contributed by atoms with E-state index >= 15 is 0 Å². The van der Waals surface area contributed by atoms with E-state index in [2.05, 4.69) is 5.32 Å². The average molecular weight is 469 g/mol. The lowest BCUT2D eigenvalue weighted by atomic mass is 10.0. The molecular formula is C24H24N2O6S.